The number of benzene rings is 8. The molecule has 10 rings (SSSR count). The van der Waals surface area contributed by atoms with E-state index >= 15 is 0 Å². The third-order valence-electron chi connectivity index (χ3n) is 9.42. The van der Waals surface area contributed by atoms with Crippen LogP contribution >= 0.6 is 0 Å². The van der Waals surface area contributed by atoms with Gasteiger partial charge in [-0.2, -0.15) is 0 Å². The average Bonchev–Trinajstić information content (AvgIpc) is 3.75. The van der Waals surface area contributed by atoms with Gasteiger partial charge in [-0.15, -0.1) is 0 Å². The van der Waals surface area contributed by atoms with Crippen LogP contribution in [0.1, 0.15) is 11.0 Å². The van der Waals surface area contributed by atoms with Gasteiger partial charge >= 0.3 is 0 Å². The number of hydrogen-bond donors (Lipinski definition) is 0. The lowest BCUT2D eigenvalue weighted by Crippen LogP contribution is -1.92. The molecule has 2 aromatic heterocycles. The van der Waals surface area contributed by atoms with Crippen molar-refractivity contribution in [3.63, 3.8) is 0 Å². The van der Waals surface area contributed by atoms with Gasteiger partial charge < -0.3 is 8.83 Å². The quantitative estimate of drug-likeness (QED) is 0.188. The van der Waals surface area contributed by atoms with Crippen LogP contribution < -0.4 is 0 Å². The van der Waals surface area contributed by atoms with Crippen LogP contribution in [0.3, 0.4) is 0 Å². The van der Waals surface area contributed by atoms with Crippen LogP contribution in [0.2, 0.25) is 0 Å². The fourth-order valence-corrected chi connectivity index (χ4v) is 7.44. The highest BCUT2D eigenvalue weighted by Gasteiger charge is 2.23. The maximum Gasteiger partial charge on any atom is 0.143 e. The zero-order valence-electron chi connectivity index (χ0n) is 29.4. The number of furan rings is 2. The maximum atomic E-state index is 9.04. The lowest BCUT2D eigenvalue weighted by atomic mass is 9.84. The van der Waals surface area contributed by atoms with Gasteiger partial charge in [-0.1, -0.05) is 133 Å². The highest BCUT2D eigenvalue weighted by atomic mass is 16.3. The van der Waals surface area contributed by atoms with Crippen molar-refractivity contribution in [2.75, 3.05) is 0 Å². The molecule has 2 heteroatoms. The summed E-state index contributed by atoms with van der Waals surface area (Å²) in [4.78, 5) is 0. The second-order valence-electron chi connectivity index (χ2n) is 12.1. The summed E-state index contributed by atoms with van der Waals surface area (Å²) in [7, 11) is 0. The molecule has 0 saturated heterocycles. The summed E-state index contributed by atoms with van der Waals surface area (Å²) in [6, 6.07) is 42.8. The van der Waals surface area contributed by atoms with Crippen LogP contribution in [0.4, 0.5) is 0 Å². The molecule has 2 heterocycles. The molecular weight excluding hydrogens is 572 g/mol. The summed E-state index contributed by atoms with van der Waals surface area (Å²) in [5.74, 6) is 0. The fraction of sp³-hybridized carbons (Fsp3) is 0.0222. The van der Waals surface area contributed by atoms with Crippen molar-refractivity contribution < 1.29 is 14.3 Å². The van der Waals surface area contributed by atoms with Gasteiger partial charge in [-0.05, 0) is 75.0 Å². The first-order valence-corrected chi connectivity index (χ1v) is 15.8. The van der Waals surface area contributed by atoms with Gasteiger partial charge in [0.15, 0.2) is 0 Å². The summed E-state index contributed by atoms with van der Waals surface area (Å²) in [6.45, 7) is 1.64. The van der Waals surface area contributed by atoms with Crippen LogP contribution in [-0.2, 0) is 0 Å². The van der Waals surface area contributed by atoms with E-state index in [-0.39, 0.29) is 24.2 Å². The van der Waals surface area contributed by atoms with Gasteiger partial charge in [-0.25, -0.2) is 0 Å². The van der Waals surface area contributed by atoms with Gasteiger partial charge in [0, 0.05) is 32.7 Å². The van der Waals surface area contributed by atoms with E-state index in [1.807, 2.05) is 84.9 Å². The first-order chi connectivity index (χ1) is 24.9. The molecule has 0 fully saturated rings. The van der Waals surface area contributed by atoms with E-state index in [4.69, 9.17) is 14.3 Å². The normalized spacial score (nSPS) is 13.1. The van der Waals surface area contributed by atoms with Crippen LogP contribution in [0, 0.1) is 6.92 Å². The largest absolute Gasteiger partial charge is 0.456 e. The molecule has 8 aromatic carbocycles. The molecule has 0 aliphatic rings. The van der Waals surface area contributed by atoms with E-state index in [1.54, 1.807) is 6.92 Å². The lowest BCUT2D eigenvalue weighted by molar-refractivity contribution is 0.668. The van der Waals surface area contributed by atoms with Crippen LogP contribution in [0.15, 0.2) is 160 Å². The van der Waals surface area contributed by atoms with Crippen molar-refractivity contribution in [3.05, 3.63) is 157 Å². The van der Waals surface area contributed by atoms with E-state index in [9.17, 15) is 0 Å². The Morgan fingerprint density at radius 1 is 0.404 bits per heavy atom. The van der Waals surface area contributed by atoms with E-state index in [2.05, 4.69) is 42.5 Å². The minimum atomic E-state index is -0.0403. The second kappa shape index (κ2) is 9.94. The Hall–Kier alpha value is -6.12. The topological polar surface area (TPSA) is 26.3 Å². The highest BCUT2D eigenvalue weighted by molar-refractivity contribution is 6.26. The lowest BCUT2D eigenvalue weighted by Gasteiger charge is -2.18. The molecule has 0 amide bonds. The molecule has 0 atom stereocenters. The van der Waals surface area contributed by atoms with E-state index in [0.717, 1.165) is 87.7 Å². The van der Waals surface area contributed by atoms with Crippen molar-refractivity contribution in [1.82, 2.24) is 0 Å². The van der Waals surface area contributed by atoms with E-state index in [0.29, 0.717) is 16.7 Å². The van der Waals surface area contributed by atoms with Crippen molar-refractivity contribution in [3.8, 4) is 33.4 Å². The molecule has 0 aliphatic heterocycles. The Morgan fingerprint density at radius 2 is 0.894 bits per heavy atom. The van der Waals surface area contributed by atoms with Gasteiger partial charge in [0.2, 0.25) is 0 Å². The monoisotopic (exact) mass is 604 g/mol. The zero-order chi connectivity index (χ0) is 34.5. The predicted octanol–water partition coefficient (Wildman–Crippen LogP) is 13.1. The fourth-order valence-electron chi connectivity index (χ4n) is 7.44. The summed E-state index contributed by atoms with van der Waals surface area (Å²) in [5, 5.41) is 7.70. The molecule has 0 aliphatic carbocycles. The third kappa shape index (κ3) is 3.79. The first kappa shape index (κ1) is 22.4. The highest BCUT2D eigenvalue weighted by Crippen LogP contribution is 2.49. The molecule has 0 radical (unpaired) electrons. The number of rotatable bonds is 3. The van der Waals surface area contributed by atoms with Gasteiger partial charge in [0.05, 0.1) is 5.48 Å². The Bertz CT molecular complexity index is 3010. The van der Waals surface area contributed by atoms with E-state index < -0.39 is 0 Å². The SMILES string of the molecule is [2H]c1c([2H])c(-c2c3ccccc3c(-c3ccc(-c4cccc5oc6ccccc6c45)c4c3oc3ccccc34)c3ccccc23)c([2H])c([2H])c1C. The van der Waals surface area contributed by atoms with Gasteiger partial charge in [-0.3, -0.25) is 0 Å². The molecule has 2 nitrogen and oxygen atoms in total. The van der Waals surface area contributed by atoms with Crippen LogP contribution in [0.5, 0.6) is 0 Å². The minimum Gasteiger partial charge on any atom is -0.456 e. The summed E-state index contributed by atoms with van der Waals surface area (Å²) < 4.78 is 48.6. The molecule has 10 aromatic rings. The molecular formula is C45H28O2. The maximum absolute atomic E-state index is 9.04. The first-order valence-electron chi connectivity index (χ1n) is 17.8. The number of fused-ring (bicyclic) bond motifs is 8. The summed E-state index contributed by atoms with van der Waals surface area (Å²) in [6.07, 6.45) is 0. The van der Waals surface area contributed by atoms with Gasteiger partial charge in [0.25, 0.3) is 0 Å². The average molecular weight is 605 g/mol. The van der Waals surface area contributed by atoms with Crippen molar-refractivity contribution in [1.29, 1.82) is 0 Å². The molecule has 0 saturated carbocycles. The Labute approximate surface area is 276 Å². The van der Waals surface area contributed by atoms with Crippen LogP contribution in [0.25, 0.3) is 98.8 Å². The smallest absolute Gasteiger partial charge is 0.143 e. The number of hydrogen-bond acceptors (Lipinski definition) is 2. The Balaban J connectivity index is 1.35. The van der Waals surface area contributed by atoms with E-state index in [1.165, 1.54) is 0 Å². The van der Waals surface area contributed by atoms with Crippen molar-refractivity contribution >= 4 is 65.4 Å². The molecule has 0 N–H and O–H groups in total. The van der Waals surface area contributed by atoms with Crippen molar-refractivity contribution in [2.24, 2.45) is 0 Å². The predicted molar refractivity (Wildman–Crippen MR) is 197 cm³/mol. The summed E-state index contributed by atoms with van der Waals surface area (Å²) >= 11 is 0. The minimum absolute atomic E-state index is 0.0248. The molecule has 47 heavy (non-hydrogen) atoms. The Morgan fingerprint density at radius 3 is 1.55 bits per heavy atom. The standard InChI is InChI=1S/C45H28O2/c1-27-21-23-28(24-22-27)41-29-11-2-4-13-31(29)42(32-14-5-3-12-30(32)41)37-26-25-34(44-36-16-7-9-19-39(36)47-45(37)44)33-17-10-20-40-43(33)35-15-6-8-18-38(35)46-40/h2-26H,1H3/i21D,22D,23D,24D. The van der Waals surface area contributed by atoms with Crippen LogP contribution in [-0.4, -0.2) is 0 Å². The Kier molecular flexibility index (Phi) is 4.74. The third-order valence-corrected chi connectivity index (χ3v) is 9.42. The molecule has 0 unspecified atom stereocenters. The van der Waals surface area contributed by atoms with Gasteiger partial charge in [0.1, 0.15) is 22.3 Å². The molecule has 0 bridgehead atoms. The molecule has 220 valence electrons. The zero-order valence-corrected chi connectivity index (χ0v) is 25.4. The number of para-hydroxylation sites is 2. The summed E-state index contributed by atoms with van der Waals surface area (Å²) in [5.41, 5.74) is 8.58. The molecule has 0 spiro atoms. The second-order valence-corrected chi connectivity index (χ2v) is 12.1. The van der Waals surface area contributed by atoms with Crippen molar-refractivity contribution in [2.45, 2.75) is 6.92 Å².